The number of nitrogen functional groups attached to an aromatic ring is 1. The molecular formula is C27H19N5. The quantitative estimate of drug-likeness (QED) is 0.368. The first kappa shape index (κ1) is 18.3. The van der Waals surface area contributed by atoms with Gasteiger partial charge in [-0.05, 0) is 60.7 Å². The standard InChI is InChI=1S/C27H19N5/c28-18-11-12-27-21(15-18)20-7-1-2-10-26(20)32(27)19-16-24(22-8-3-5-13-29-22)31-25(17-19)23-9-4-6-14-30-23/h1-17H,28H2. The van der Waals surface area contributed by atoms with Gasteiger partial charge in [-0.2, -0.15) is 0 Å². The molecule has 0 atom stereocenters. The van der Waals surface area contributed by atoms with Gasteiger partial charge in [0.2, 0.25) is 0 Å². The monoisotopic (exact) mass is 413 g/mol. The van der Waals surface area contributed by atoms with Gasteiger partial charge in [0.1, 0.15) is 0 Å². The Morgan fingerprint density at radius 2 is 1.19 bits per heavy atom. The lowest BCUT2D eigenvalue weighted by molar-refractivity contribution is 1.14. The number of fused-ring (bicyclic) bond motifs is 3. The summed E-state index contributed by atoms with van der Waals surface area (Å²) in [5.41, 5.74) is 13.3. The molecule has 0 amide bonds. The van der Waals surface area contributed by atoms with E-state index in [0.717, 1.165) is 56.0 Å². The minimum atomic E-state index is 0.749. The third kappa shape index (κ3) is 2.99. The van der Waals surface area contributed by atoms with Gasteiger partial charge in [0.25, 0.3) is 0 Å². The summed E-state index contributed by atoms with van der Waals surface area (Å²) < 4.78 is 2.25. The van der Waals surface area contributed by atoms with E-state index in [-0.39, 0.29) is 0 Å². The van der Waals surface area contributed by atoms with E-state index < -0.39 is 0 Å². The van der Waals surface area contributed by atoms with Crippen LogP contribution in [0.1, 0.15) is 0 Å². The first-order valence-corrected chi connectivity index (χ1v) is 10.4. The summed E-state index contributed by atoms with van der Waals surface area (Å²) in [6.07, 6.45) is 3.57. The summed E-state index contributed by atoms with van der Waals surface area (Å²) in [6.45, 7) is 0. The summed E-state index contributed by atoms with van der Waals surface area (Å²) in [5.74, 6) is 0. The predicted molar refractivity (Wildman–Crippen MR) is 129 cm³/mol. The van der Waals surface area contributed by atoms with Gasteiger partial charge in [-0.15, -0.1) is 0 Å². The molecular weight excluding hydrogens is 394 g/mol. The molecule has 4 aromatic heterocycles. The number of pyridine rings is 3. The number of nitrogens with zero attached hydrogens (tertiary/aromatic N) is 4. The molecule has 0 aliphatic heterocycles. The van der Waals surface area contributed by atoms with Crippen molar-refractivity contribution in [3.63, 3.8) is 0 Å². The molecule has 6 aromatic rings. The van der Waals surface area contributed by atoms with Crippen molar-refractivity contribution in [2.45, 2.75) is 0 Å². The highest BCUT2D eigenvalue weighted by Crippen LogP contribution is 2.35. The zero-order valence-electron chi connectivity index (χ0n) is 17.2. The molecule has 0 saturated carbocycles. The maximum atomic E-state index is 6.13. The Morgan fingerprint density at radius 1 is 0.562 bits per heavy atom. The maximum absolute atomic E-state index is 6.13. The highest BCUT2D eigenvalue weighted by atomic mass is 15.0. The zero-order valence-corrected chi connectivity index (χ0v) is 17.2. The van der Waals surface area contributed by atoms with Gasteiger partial charge in [-0.1, -0.05) is 30.3 Å². The van der Waals surface area contributed by atoms with Gasteiger partial charge in [0.15, 0.2) is 0 Å². The number of para-hydroxylation sites is 1. The van der Waals surface area contributed by atoms with Crippen LogP contribution in [0, 0.1) is 0 Å². The van der Waals surface area contributed by atoms with Gasteiger partial charge >= 0.3 is 0 Å². The first-order chi connectivity index (χ1) is 15.8. The summed E-state index contributed by atoms with van der Waals surface area (Å²) in [5, 5.41) is 2.28. The van der Waals surface area contributed by atoms with Crippen molar-refractivity contribution in [3.05, 3.63) is 103 Å². The number of rotatable bonds is 3. The lowest BCUT2D eigenvalue weighted by Crippen LogP contribution is -1.99. The Morgan fingerprint density at radius 3 is 1.84 bits per heavy atom. The molecule has 5 heteroatoms. The molecule has 2 aromatic carbocycles. The maximum Gasteiger partial charge on any atom is 0.0915 e. The zero-order chi connectivity index (χ0) is 21.5. The molecule has 0 saturated heterocycles. The fourth-order valence-electron chi connectivity index (χ4n) is 4.20. The number of aromatic nitrogens is 4. The summed E-state index contributed by atoms with van der Waals surface area (Å²) in [6, 6.07) is 30.3. The minimum absolute atomic E-state index is 0.749. The molecule has 2 N–H and O–H groups in total. The molecule has 0 spiro atoms. The lowest BCUT2D eigenvalue weighted by atomic mass is 10.1. The van der Waals surface area contributed by atoms with Crippen molar-refractivity contribution < 1.29 is 0 Å². The molecule has 0 bridgehead atoms. The van der Waals surface area contributed by atoms with E-state index in [1.54, 1.807) is 12.4 Å². The molecule has 32 heavy (non-hydrogen) atoms. The van der Waals surface area contributed by atoms with Gasteiger partial charge in [-0.25, -0.2) is 4.98 Å². The van der Waals surface area contributed by atoms with E-state index in [2.05, 4.69) is 57.0 Å². The molecule has 0 unspecified atom stereocenters. The summed E-state index contributed by atoms with van der Waals surface area (Å²) in [7, 11) is 0. The van der Waals surface area contributed by atoms with Gasteiger partial charge in [-0.3, -0.25) is 9.97 Å². The van der Waals surface area contributed by atoms with Gasteiger partial charge < -0.3 is 10.3 Å². The molecule has 0 aliphatic carbocycles. The molecule has 4 heterocycles. The van der Waals surface area contributed by atoms with E-state index in [1.807, 2.05) is 48.5 Å². The van der Waals surface area contributed by atoms with Crippen molar-refractivity contribution in [1.82, 2.24) is 19.5 Å². The Hall–Kier alpha value is -4.51. The molecule has 152 valence electrons. The molecule has 6 rings (SSSR count). The van der Waals surface area contributed by atoms with Crippen molar-refractivity contribution in [2.24, 2.45) is 0 Å². The average Bonchev–Trinajstić information content (AvgIpc) is 3.18. The van der Waals surface area contributed by atoms with E-state index in [4.69, 9.17) is 10.7 Å². The second kappa shape index (κ2) is 7.32. The van der Waals surface area contributed by atoms with Crippen molar-refractivity contribution >= 4 is 27.5 Å². The van der Waals surface area contributed by atoms with Crippen LogP contribution in [0.5, 0.6) is 0 Å². The number of nitrogens with two attached hydrogens (primary N) is 1. The van der Waals surface area contributed by atoms with Crippen LogP contribution in [0.4, 0.5) is 5.69 Å². The van der Waals surface area contributed by atoms with Crippen LogP contribution in [-0.4, -0.2) is 19.5 Å². The van der Waals surface area contributed by atoms with Crippen LogP contribution in [-0.2, 0) is 0 Å². The highest BCUT2D eigenvalue weighted by molar-refractivity contribution is 6.10. The van der Waals surface area contributed by atoms with Crippen LogP contribution in [0.15, 0.2) is 103 Å². The van der Waals surface area contributed by atoms with Crippen LogP contribution in [0.2, 0.25) is 0 Å². The highest BCUT2D eigenvalue weighted by Gasteiger charge is 2.15. The first-order valence-electron chi connectivity index (χ1n) is 10.4. The molecule has 0 fully saturated rings. The number of benzene rings is 2. The normalized spacial score (nSPS) is 11.2. The number of hydrogen-bond donors (Lipinski definition) is 1. The topological polar surface area (TPSA) is 69.6 Å². The van der Waals surface area contributed by atoms with E-state index >= 15 is 0 Å². The molecule has 5 nitrogen and oxygen atoms in total. The van der Waals surface area contributed by atoms with Crippen LogP contribution >= 0.6 is 0 Å². The van der Waals surface area contributed by atoms with Gasteiger partial charge in [0, 0.05) is 28.9 Å². The smallest absolute Gasteiger partial charge is 0.0915 e. The Bertz CT molecular complexity index is 1510. The van der Waals surface area contributed by atoms with E-state index in [9.17, 15) is 0 Å². The lowest BCUT2D eigenvalue weighted by Gasteiger charge is -2.12. The summed E-state index contributed by atoms with van der Waals surface area (Å²) in [4.78, 5) is 14.0. The number of hydrogen-bond acceptors (Lipinski definition) is 4. The second-order valence-electron chi connectivity index (χ2n) is 7.65. The minimum Gasteiger partial charge on any atom is -0.399 e. The van der Waals surface area contributed by atoms with Crippen LogP contribution in [0.3, 0.4) is 0 Å². The van der Waals surface area contributed by atoms with E-state index in [0.29, 0.717) is 0 Å². The van der Waals surface area contributed by atoms with Crippen molar-refractivity contribution in [2.75, 3.05) is 5.73 Å². The largest absolute Gasteiger partial charge is 0.399 e. The SMILES string of the molecule is Nc1ccc2c(c1)c1ccccc1n2-c1cc(-c2ccccn2)nc(-c2ccccn2)c1. The average molecular weight is 413 g/mol. The van der Waals surface area contributed by atoms with Crippen molar-refractivity contribution in [3.8, 4) is 28.5 Å². The predicted octanol–water partition coefficient (Wildman–Crippen LogP) is 5.88. The Kier molecular flexibility index (Phi) is 4.18. The third-order valence-corrected chi connectivity index (χ3v) is 5.62. The molecule has 0 aliphatic rings. The van der Waals surface area contributed by atoms with Crippen molar-refractivity contribution in [1.29, 1.82) is 0 Å². The summed E-state index contributed by atoms with van der Waals surface area (Å²) >= 11 is 0. The second-order valence-corrected chi connectivity index (χ2v) is 7.65. The third-order valence-electron chi connectivity index (χ3n) is 5.62. The van der Waals surface area contributed by atoms with Crippen LogP contribution < -0.4 is 5.73 Å². The Balaban J connectivity index is 1.70. The van der Waals surface area contributed by atoms with E-state index in [1.165, 1.54) is 0 Å². The van der Waals surface area contributed by atoms with Gasteiger partial charge in [0.05, 0.1) is 39.5 Å². The Labute approximate surface area is 184 Å². The fraction of sp³-hybridized carbons (Fsp3) is 0. The number of anilines is 1. The van der Waals surface area contributed by atoms with Crippen LogP contribution in [0.25, 0.3) is 50.3 Å². The molecule has 0 radical (unpaired) electrons. The fourth-order valence-corrected chi connectivity index (χ4v) is 4.20.